The summed E-state index contributed by atoms with van der Waals surface area (Å²) in [5.74, 6) is -1.36. The zero-order chi connectivity index (χ0) is 59.2. The number of phosphoric acid groups is 2. The summed E-state index contributed by atoms with van der Waals surface area (Å²) in [7, 11) is -9.87. The molecule has 0 saturated carbocycles. The van der Waals surface area contributed by atoms with E-state index in [2.05, 4.69) is 34.6 Å². The van der Waals surface area contributed by atoms with Gasteiger partial charge in [0.05, 0.1) is 26.4 Å². The summed E-state index contributed by atoms with van der Waals surface area (Å²) in [4.78, 5) is 71.7. The number of ether oxygens (including phenoxy) is 4. The first-order chi connectivity index (χ1) is 38.5. The first-order valence-corrected chi connectivity index (χ1v) is 35.1. The fourth-order valence-electron chi connectivity index (χ4n) is 9.05. The monoisotopic (exact) mass is 1180 g/mol. The lowest BCUT2D eigenvalue weighted by molar-refractivity contribution is -0.161. The van der Waals surface area contributed by atoms with Gasteiger partial charge >= 0.3 is 39.5 Å². The summed E-state index contributed by atoms with van der Waals surface area (Å²) in [5, 5.41) is 10.5. The molecule has 0 aromatic heterocycles. The van der Waals surface area contributed by atoms with E-state index in [1.54, 1.807) is 0 Å². The highest BCUT2D eigenvalue weighted by molar-refractivity contribution is 7.47. The van der Waals surface area contributed by atoms with Crippen LogP contribution in [0.25, 0.3) is 0 Å². The topological polar surface area (TPSA) is 237 Å². The molecule has 0 aliphatic rings. The molecule has 80 heavy (non-hydrogen) atoms. The smallest absolute Gasteiger partial charge is 0.462 e. The number of unbranched alkanes of at least 4 members (excludes halogenated alkanes) is 33. The van der Waals surface area contributed by atoms with Crippen LogP contribution < -0.4 is 0 Å². The number of esters is 4. The number of aliphatic hydroxyl groups excluding tert-OH is 1. The summed E-state index contributed by atoms with van der Waals surface area (Å²) >= 11 is 0. The van der Waals surface area contributed by atoms with Crippen molar-refractivity contribution in [2.45, 2.75) is 323 Å². The minimum atomic E-state index is -4.94. The number of hydrogen-bond donors (Lipinski definition) is 3. The predicted octanol–water partition coefficient (Wildman–Crippen LogP) is 16.6. The SMILES string of the molecule is CCCCCCCCCCCCCCC(=O)OC[C@H](COP(=O)(O)OC[C@@H](O)COP(=O)(O)OC[C@@H](COC(=O)CCCCCCC)OC(=O)CCCCCCCCC)OC(=O)CCCCCCCCCCCCCCCC(C)C. The Morgan fingerprint density at radius 3 is 0.850 bits per heavy atom. The average molecular weight is 1190 g/mol. The van der Waals surface area contributed by atoms with E-state index in [4.69, 9.17) is 37.0 Å². The van der Waals surface area contributed by atoms with Crippen molar-refractivity contribution < 1.29 is 80.2 Å². The van der Waals surface area contributed by atoms with Gasteiger partial charge in [-0.05, 0) is 31.6 Å². The van der Waals surface area contributed by atoms with Crippen LogP contribution in [-0.4, -0.2) is 96.7 Å². The van der Waals surface area contributed by atoms with Crippen LogP contribution in [0.4, 0.5) is 0 Å². The van der Waals surface area contributed by atoms with Gasteiger partial charge in [-0.2, -0.15) is 0 Å². The number of phosphoric ester groups is 2. The summed E-state index contributed by atoms with van der Waals surface area (Å²) < 4.78 is 67.6. The Labute approximate surface area is 486 Å². The van der Waals surface area contributed by atoms with Crippen molar-refractivity contribution in [1.29, 1.82) is 0 Å². The van der Waals surface area contributed by atoms with Crippen LogP contribution >= 0.6 is 15.6 Å². The number of hydrogen-bond acceptors (Lipinski definition) is 15. The molecule has 474 valence electrons. The quantitative estimate of drug-likeness (QED) is 0.0222. The average Bonchev–Trinajstić information content (AvgIpc) is 3.42. The molecular weight excluding hydrogens is 1070 g/mol. The van der Waals surface area contributed by atoms with Gasteiger partial charge in [-0.25, -0.2) is 9.13 Å². The third-order valence-electron chi connectivity index (χ3n) is 14.0. The van der Waals surface area contributed by atoms with Gasteiger partial charge in [0.25, 0.3) is 0 Å². The Hall–Kier alpha value is -1.94. The van der Waals surface area contributed by atoms with Crippen molar-refractivity contribution in [3.63, 3.8) is 0 Å². The van der Waals surface area contributed by atoms with E-state index in [1.807, 2.05) is 0 Å². The largest absolute Gasteiger partial charge is 0.472 e. The fraction of sp³-hybridized carbons (Fsp3) is 0.934. The van der Waals surface area contributed by atoms with Gasteiger partial charge in [0.15, 0.2) is 12.2 Å². The summed E-state index contributed by atoms with van der Waals surface area (Å²) in [6, 6.07) is 0. The molecular formula is C61H118O17P2. The van der Waals surface area contributed by atoms with Crippen molar-refractivity contribution in [1.82, 2.24) is 0 Å². The lowest BCUT2D eigenvalue weighted by Gasteiger charge is -2.21. The van der Waals surface area contributed by atoms with E-state index in [9.17, 15) is 43.2 Å². The maximum atomic E-state index is 12.9. The normalized spacial score (nSPS) is 14.3. The van der Waals surface area contributed by atoms with Gasteiger partial charge in [-0.1, -0.05) is 253 Å². The van der Waals surface area contributed by atoms with Crippen LogP contribution in [0.3, 0.4) is 0 Å². The molecule has 0 saturated heterocycles. The molecule has 0 rings (SSSR count). The number of rotatable bonds is 61. The van der Waals surface area contributed by atoms with Crippen LogP contribution in [0.5, 0.6) is 0 Å². The van der Waals surface area contributed by atoms with Gasteiger partial charge in [0.1, 0.15) is 19.3 Å². The lowest BCUT2D eigenvalue weighted by Crippen LogP contribution is -2.30. The Bertz CT molecular complexity index is 1570. The van der Waals surface area contributed by atoms with E-state index in [-0.39, 0.29) is 25.7 Å². The second-order valence-electron chi connectivity index (χ2n) is 22.6. The van der Waals surface area contributed by atoms with Gasteiger partial charge in [-0.3, -0.25) is 37.3 Å². The van der Waals surface area contributed by atoms with E-state index >= 15 is 0 Å². The Balaban J connectivity index is 5.14. The minimum absolute atomic E-state index is 0.103. The molecule has 0 heterocycles. The van der Waals surface area contributed by atoms with Crippen LogP contribution in [0.15, 0.2) is 0 Å². The zero-order valence-corrected chi connectivity index (χ0v) is 53.0. The lowest BCUT2D eigenvalue weighted by atomic mass is 10.0. The Kier molecular flexibility index (Phi) is 53.6. The third kappa shape index (κ3) is 55.3. The van der Waals surface area contributed by atoms with E-state index < -0.39 is 97.5 Å². The number of carbonyl (C=O) groups excluding carboxylic acids is 4. The van der Waals surface area contributed by atoms with Crippen LogP contribution in [-0.2, 0) is 65.4 Å². The maximum Gasteiger partial charge on any atom is 0.472 e. The second kappa shape index (κ2) is 55.0. The predicted molar refractivity (Wildman–Crippen MR) is 317 cm³/mol. The van der Waals surface area contributed by atoms with E-state index in [0.717, 1.165) is 115 Å². The number of carbonyl (C=O) groups is 4. The van der Waals surface area contributed by atoms with Crippen molar-refractivity contribution in [3.05, 3.63) is 0 Å². The Morgan fingerprint density at radius 2 is 0.575 bits per heavy atom. The van der Waals surface area contributed by atoms with Crippen molar-refractivity contribution in [2.24, 2.45) is 5.92 Å². The summed E-state index contributed by atoms with van der Waals surface area (Å²) in [6.07, 6.45) is 38.0. The third-order valence-corrected chi connectivity index (χ3v) is 15.9. The molecule has 17 nitrogen and oxygen atoms in total. The van der Waals surface area contributed by atoms with E-state index in [0.29, 0.717) is 25.7 Å². The second-order valence-corrected chi connectivity index (χ2v) is 25.5. The standard InChI is InChI=1S/C61H118O17P2/c1-6-9-12-15-17-18-19-24-27-31-35-40-45-59(64)72-51-57(78-61(66)47-42-37-32-28-25-22-20-21-23-26-30-34-38-43-54(4)5)53-76-80(69,70)74-49-55(62)48-73-79(67,68)75-52-56(50-71-58(63)44-39-33-14-11-8-3)77-60(65)46-41-36-29-16-13-10-7-2/h54-57,62H,6-53H2,1-5H3,(H,67,68)(H,69,70)/t55-,56+,57+/m0/s1. The Morgan fingerprint density at radius 1 is 0.338 bits per heavy atom. The highest BCUT2D eigenvalue weighted by Crippen LogP contribution is 2.45. The molecule has 0 aromatic rings. The zero-order valence-electron chi connectivity index (χ0n) is 51.2. The minimum Gasteiger partial charge on any atom is -0.462 e. The van der Waals surface area contributed by atoms with Gasteiger partial charge in [-0.15, -0.1) is 0 Å². The fourth-order valence-corrected chi connectivity index (χ4v) is 10.6. The van der Waals surface area contributed by atoms with Gasteiger partial charge < -0.3 is 33.8 Å². The van der Waals surface area contributed by atoms with Crippen molar-refractivity contribution in [2.75, 3.05) is 39.6 Å². The number of aliphatic hydroxyl groups is 1. The molecule has 0 aliphatic carbocycles. The summed E-state index contributed by atoms with van der Waals surface area (Å²) in [6.45, 7) is 7.06. The van der Waals surface area contributed by atoms with Crippen LogP contribution in [0.2, 0.25) is 0 Å². The molecule has 0 radical (unpaired) electrons. The van der Waals surface area contributed by atoms with Gasteiger partial charge in [0, 0.05) is 25.7 Å². The highest BCUT2D eigenvalue weighted by Gasteiger charge is 2.30. The molecule has 0 spiro atoms. The molecule has 0 aliphatic heterocycles. The molecule has 0 amide bonds. The first kappa shape index (κ1) is 78.1. The molecule has 0 fully saturated rings. The molecule has 19 heteroatoms. The van der Waals surface area contributed by atoms with Crippen molar-refractivity contribution >= 4 is 39.5 Å². The van der Waals surface area contributed by atoms with Crippen molar-refractivity contribution in [3.8, 4) is 0 Å². The summed E-state index contributed by atoms with van der Waals surface area (Å²) in [5.41, 5.74) is 0. The first-order valence-electron chi connectivity index (χ1n) is 32.1. The highest BCUT2D eigenvalue weighted by atomic mass is 31.2. The van der Waals surface area contributed by atoms with Gasteiger partial charge in [0.2, 0.25) is 0 Å². The molecule has 3 N–H and O–H groups in total. The molecule has 0 aromatic carbocycles. The van der Waals surface area contributed by atoms with E-state index in [1.165, 1.54) is 109 Å². The molecule has 0 bridgehead atoms. The maximum absolute atomic E-state index is 12.9. The van der Waals surface area contributed by atoms with Crippen LogP contribution in [0.1, 0.15) is 304 Å². The molecule has 5 atom stereocenters. The van der Waals surface area contributed by atoms with Crippen LogP contribution in [0, 0.1) is 5.92 Å². The molecule has 2 unspecified atom stereocenters.